The van der Waals surface area contributed by atoms with E-state index in [0.29, 0.717) is 6.42 Å². The van der Waals surface area contributed by atoms with Gasteiger partial charge in [0.05, 0.1) is 0 Å². The standard InChI is InChI=1S/C14H23N3O/c1-11(10-17(2)3)16-14(18)8-7-12-5-4-6-13(15)9-12/h4-6,9,11H,7-8,10,15H2,1-3H3,(H,16,18). The Balaban J connectivity index is 2.33. The van der Waals surface area contributed by atoms with Gasteiger partial charge in [-0.3, -0.25) is 4.79 Å². The number of nitrogens with two attached hydrogens (primary N) is 1. The monoisotopic (exact) mass is 249 g/mol. The normalized spacial score (nSPS) is 12.4. The number of amides is 1. The minimum atomic E-state index is 0.0896. The number of carbonyl (C=O) groups is 1. The Bertz CT molecular complexity index is 390. The van der Waals surface area contributed by atoms with Crippen LogP contribution in [0.2, 0.25) is 0 Å². The van der Waals surface area contributed by atoms with Gasteiger partial charge in [0.15, 0.2) is 0 Å². The van der Waals surface area contributed by atoms with E-state index in [4.69, 9.17) is 5.73 Å². The lowest BCUT2D eigenvalue weighted by atomic mass is 10.1. The van der Waals surface area contributed by atoms with Crippen molar-refractivity contribution in [1.29, 1.82) is 0 Å². The highest BCUT2D eigenvalue weighted by Crippen LogP contribution is 2.08. The summed E-state index contributed by atoms with van der Waals surface area (Å²) < 4.78 is 0. The third-order valence-corrected chi connectivity index (χ3v) is 2.64. The van der Waals surface area contributed by atoms with Gasteiger partial charge < -0.3 is 16.0 Å². The van der Waals surface area contributed by atoms with Crippen LogP contribution in [0.25, 0.3) is 0 Å². The molecule has 1 unspecified atom stereocenters. The molecular formula is C14H23N3O. The molecule has 1 rings (SSSR count). The van der Waals surface area contributed by atoms with Gasteiger partial charge in [0.25, 0.3) is 0 Å². The van der Waals surface area contributed by atoms with E-state index < -0.39 is 0 Å². The Hall–Kier alpha value is -1.55. The molecule has 0 saturated carbocycles. The van der Waals surface area contributed by atoms with Gasteiger partial charge in [0.1, 0.15) is 0 Å². The van der Waals surface area contributed by atoms with Crippen molar-refractivity contribution >= 4 is 11.6 Å². The predicted molar refractivity (Wildman–Crippen MR) is 75.3 cm³/mol. The topological polar surface area (TPSA) is 58.4 Å². The number of nitrogens with zero attached hydrogens (tertiary/aromatic N) is 1. The molecular weight excluding hydrogens is 226 g/mol. The first-order valence-electron chi connectivity index (χ1n) is 6.26. The van der Waals surface area contributed by atoms with Crippen molar-refractivity contribution in [2.45, 2.75) is 25.8 Å². The molecule has 1 atom stereocenters. The van der Waals surface area contributed by atoms with Gasteiger partial charge in [0, 0.05) is 24.7 Å². The first-order valence-corrected chi connectivity index (χ1v) is 6.26. The molecule has 1 aromatic carbocycles. The quantitative estimate of drug-likeness (QED) is 0.746. The molecule has 18 heavy (non-hydrogen) atoms. The fraction of sp³-hybridized carbons (Fsp3) is 0.500. The molecule has 0 fully saturated rings. The molecule has 0 saturated heterocycles. The minimum absolute atomic E-state index is 0.0896. The number of aryl methyl sites for hydroxylation is 1. The minimum Gasteiger partial charge on any atom is -0.399 e. The molecule has 0 aliphatic rings. The number of hydrogen-bond acceptors (Lipinski definition) is 3. The molecule has 4 nitrogen and oxygen atoms in total. The highest BCUT2D eigenvalue weighted by Gasteiger charge is 2.08. The number of benzene rings is 1. The highest BCUT2D eigenvalue weighted by molar-refractivity contribution is 5.76. The second-order valence-electron chi connectivity index (χ2n) is 4.98. The van der Waals surface area contributed by atoms with Crippen LogP contribution in [-0.2, 0) is 11.2 Å². The summed E-state index contributed by atoms with van der Waals surface area (Å²) in [5.41, 5.74) is 7.54. The van der Waals surface area contributed by atoms with Crippen molar-refractivity contribution in [3.8, 4) is 0 Å². The summed E-state index contributed by atoms with van der Waals surface area (Å²) in [5.74, 6) is 0.0896. The maximum Gasteiger partial charge on any atom is 0.220 e. The lowest BCUT2D eigenvalue weighted by Gasteiger charge is -2.18. The summed E-state index contributed by atoms with van der Waals surface area (Å²) >= 11 is 0. The molecule has 0 heterocycles. The lowest BCUT2D eigenvalue weighted by Crippen LogP contribution is -2.39. The van der Waals surface area contributed by atoms with Gasteiger partial charge in [-0.1, -0.05) is 12.1 Å². The van der Waals surface area contributed by atoms with Gasteiger partial charge in [-0.05, 0) is 45.1 Å². The van der Waals surface area contributed by atoms with E-state index in [9.17, 15) is 4.79 Å². The van der Waals surface area contributed by atoms with E-state index >= 15 is 0 Å². The summed E-state index contributed by atoms with van der Waals surface area (Å²) in [4.78, 5) is 13.8. The van der Waals surface area contributed by atoms with Crippen LogP contribution in [0.15, 0.2) is 24.3 Å². The molecule has 4 heteroatoms. The van der Waals surface area contributed by atoms with E-state index in [1.54, 1.807) is 0 Å². The van der Waals surface area contributed by atoms with Crippen molar-refractivity contribution in [2.24, 2.45) is 0 Å². The SMILES string of the molecule is CC(CN(C)C)NC(=O)CCc1cccc(N)c1. The van der Waals surface area contributed by atoms with Crippen LogP contribution in [0.1, 0.15) is 18.9 Å². The maximum absolute atomic E-state index is 11.7. The number of nitrogen functional groups attached to an aromatic ring is 1. The van der Waals surface area contributed by atoms with Gasteiger partial charge in [-0.15, -0.1) is 0 Å². The smallest absolute Gasteiger partial charge is 0.220 e. The lowest BCUT2D eigenvalue weighted by molar-refractivity contribution is -0.121. The summed E-state index contributed by atoms with van der Waals surface area (Å²) in [6, 6.07) is 7.84. The molecule has 0 aliphatic carbocycles. The van der Waals surface area contributed by atoms with Crippen molar-refractivity contribution in [1.82, 2.24) is 10.2 Å². The molecule has 0 radical (unpaired) electrons. The third-order valence-electron chi connectivity index (χ3n) is 2.64. The second kappa shape index (κ2) is 7.01. The first-order chi connectivity index (χ1) is 8.47. The summed E-state index contributed by atoms with van der Waals surface area (Å²) in [5, 5.41) is 2.98. The van der Waals surface area contributed by atoms with Crippen LogP contribution in [0.4, 0.5) is 5.69 Å². The largest absolute Gasteiger partial charge is 0.399 e. The molecule has 100 valence electrons. The van der Waals surface area contributed by atoms with Crippen molar-refractivity contribution < 1.29 is 4.79 Å². The molecule has 0 spiro atoms. The zero-order chi connectivity index (χ0) is 13.5. The Morgan fingerprint density at radius 1 is 1.44 bits per heavy atom. The third kappa shape index (κ3) is 5.68. The van der Waals surface area contributed by atoms with E-state index in [-0.39, 0.29) is 11.9 Å². The Morgan fingerprint density at radius 2 is 2.17 bits per heavy atom. The Morgan fingerprint density at radius 3 is 2.78 bits per heavy atom. The van der Waals surface area contributed by atoms with E-state index in [1.165, 1.54) is 0 Å². The molecule has 3 N–H and O–H groups in total. The number of carbonyl (C=O) groups excluding carboxylic acids is 1. The second-order valence-corrected chi connectivity index (χ2v) is 4.98. The molecule has 1 aromatic rings. The average molecular weight is 249 g/mol. The summed E-state index contributed by atoms with van der Waals surface area (Å²) in [6.45, 7) is 2.86. The maximum atomic E-state index is 11.7. The molecule has 1 amide bonds. The van der Waals surface area contributed by atoms with Crippen LogP contribution in [0, 0.1) is 0 Å². The van der Waals surface area contributed by atoms with Crippen LogP contribution >= 0.6 is 0 Å². The van der Waals surface area contributed by atoms with Gasteiger partial charge in [-0.2, -0.15) is 0 Å². The van der Waals surface area contributed by atoms with Crippen molar-refractivity contribution in [3.63, 3.8) is 0 Å². The highest BCUT2D eigenvalue weighted by atomic mass is 16.1. The zero-order valence-corrected chi connectivity index (χ0v) is 11.4. The number of anilines is 1. The molecule has 0 bridgehead atoms. The van der Waals surface area contributed by atoms with Crippen molar-refractivity contribution in [2.75, 3.05) is 26.4 Å². The number of rotatable bonds is 6. The average Bonchev–Trinajstić information content (AvgIpc) is 2.25. The predicted octanol–water partition coefficient (Wildman–Crippen LogP) is 1.27. The van der Waals surface area contributed by atoms with Gasteiger partial charge in [-0.25, -0.2) is 0 Å². The molecule has 0 aliphatic heterocycles. The Labute approximate surface area is 109 Å². The fourth-order valence-electron chi connectivity index (χ4n) is 1.95. The van der Waals surface area contributed by atoms with Crippen molar-refractivity contribution in [3.05, 3.63) is 29.8 Å². The van der Waals surface area contributed by atoms with Crippen LogP contribution in [0.5, 0.6) is 0 Å². The van der Waals surface area contributed by atoms with Gasteiger partial charge in [0.2, 0.25) is 5.91 Å². The number of nitrogens with one attached hydrogen (secondary N) is 1. The van der Waals surface area contributed by atoms with E-state index in [2.05, 4.69) is 10.2 Å². The van der Waals surface area contributed by atoms with Crippen LogP contribution < -0.4 is 11.1 Å². The van der Waals surface area contributed by atoms with Crippen LogP contribution in [0.3, 0.4) is 0 Å². The zero-order valence-electron chi connectivity index (χ0n) is 11.4. The fourth-order valence-corrected chi connectivity index (χ4v) is 1.95. The Kier molecular flexibility index (Phi) is 5.65. The summed E-state index contributed by atoms with van der Waals surface area (Å²) in [6.07, 6.45) is 1.23. The van der Waals surface area contributed by atoms with E-state index in [0.717, 1.165) is 24.2 Å². The number of likely N-dealkylation sites (N-methyl/N-ethyl adjacent to an activating group) is 1. The van der Waals surface area contributed by atoms with Gasteiger partial charge >= 0.3 is 0 Å². The van der Waals surface area contributed by atoms with Crippen LogP contribution in [-0.4, -0.2) is 37.5 Å². The van der Waals surface area contributed by atoms with E-state index in [1.807, 2.05) is 45.3 Å². The first kappa shape index (κ1) is 14.5. The molecule has 0 aromatic heterocycles. The number of hydrogen-bond donors (Lipinski definition) is 2. The summed E-state index contributed by atoms with van der Waals surface area (Å²) in [7, 11) is 3.99.